The van der Waals surface area contributed by atoms with Gasteiger partial charge in [-0.2, -0.15) is 0 Å². The molecule has 3 heteroatoms. The fourth-order valence-electron chi connectivity index (χ4n) is 2.16. The second-order valence-electron chi connectivity index (χ2n) is 4.29. The SMILES string of the molecule is CCNCc1cc(F)cc(N2CCCC2)c1. The van der Waals surface area contributed by atoms with Crippen LogP contribution in [0, 0.1) is 5.82 Å². The van der Waals surface area contributed by atoms with E-state index in [0.29, 0.717) is 0 Å². The lowest BCUT2D eigenvalue weighted by atomic mass is 10.2. The van der Waals surface area contributed by atoms with Crippen molar-refractivity contribution in [3.8, 4) is 0 Å². The van der Waals surface area contributed by atoms with Crippen molar-refractivity contribution in [1.29, 1.82) is 0 Å². The minimum Gasteiger partial charge on any atom is -0.371 e. The number of halogens is 1. The van der Waals surface area contributed by atoms with E-state index in [4.69, 9.17) is 0 Å². The van der Waals surface area contributed by atoms with Gasteiger partial charge in [-0.15, -0.1) is 0 Å². The van der Waals surface area contributed by atoms with Gasteiger partial charge in [-0.05, 0) is 43.1 Å². The summed E-state index contributed by atoms with van der Waals surface area (Å²) >= 11 is 0. The highest BCUT2D eigenvalue weighted by Gasteiger charge is 2.13. The first-order chi connectivity index (χ1) is 7.79. The molecule has 1 aliphatic heterocycles. The maximum absolute atomic E-state index is 13.5. The van der Waals surface area contributed by atoms with Crippen LogP contribution in [0.1, 0.15) is 25.3 Å². The number of anilines is 1. The molecule has 0 spiro atoms. The van der Waals surface area contributed by atoms with Gasteiger partial charge in [0.05, 0.1) is 0 Å². The van der Waals surface area contributed by atoms with Gasteiger partial charge in [-0.1, -0.05) is 6.92 Å². The summed E-state index contributed by atoms with van der Waals surface area (Å²) in [6, 6.07) is 5.35. The van der Waals surface area contributed by atoms with E-state index in [2.05, 4.69) is 23.2 Å². The summed E-state index contributed by atoms with van der Waals surface area (Å²) < 4.78 is 13.5. The van der Waals surface area contributed by atoms with Crippen molar-refractivity contribution in [2.24, 2.45) is 0 Å². The number of rotatable bonds is 4. The Morgan fingerprint density at radius 3 is 2.69 bits per heavy atom. The van der Waals surface area contributed by atoms with E-state index < -0.39 is 0 Å². The zero-order chi connectivity index (χ0) is 11.4. The Morgan fingerprint density at radius 2 is 2.00 bits per heavy atom. The quantitative estimate of drug-likeness (QED) is 0.842. The second kappa shape index (κ2) is 5.30. The van der Waals surface area contributed by atoms with Gasteiger partial charge < -0.3 is 10.2 Å². The molecule has 1 saturated heterocycles. The van der Waals surface area contributed by atoms with Gasteiger partial charge in [0, 0.05) is 25.3 Å². The largest absolute Gasteiger partial charge is 0.371 e. The molecule has 2 rings (SSSR count). The molecule has 1 aromatic rings. The standard InChI is InChI=1S/C13H19FN2/c1-2-15-10-11-7-12(14)9-13(8-11)16-5-3-4-6-16/h7-9,15H,2-6,10H2,1H3. The average Bonchev–Trinajstić information content (AvgIpc) is 2.79. The number of nitrogens with zero attached hydrogens (tertiary/aromatic N) is 1. The van der Waals surface area contributed by atoms with Crippen molar-refractivity contribution in [3.05, 3.63) is 29.6 Å². The molecule has 0 bridgehead atoms. The first-order valence-electron chi connectivity index (χ1n) is 6.04. The zero-order valence-electron chi connectivity index (χ0n) is 9.80. The van der Waals surface area contributed by atoms with Crippen molar-refractivity contribution in [2.45, 2.75) is 26.3 Å². The first-order valence-corrected chi connectivity index (χ1v) is 6.04. The summed E-state index contributed by atoms with van der Waals surface area (Å²) in [5.74, 6) is -0.127. The maximum atomic E-state index is 13.5. The highest BCUT2D eigenvalue weighted by molar-refractivity contribution is 5.49. The third-order valence-corrected chi connectivity index (χ3v) is 2.99. The van der Waals surface area contributed by atoms with Crippen molar-refractivity contribution >= 4 is 5.69 Å². The summed E-state index contributed by atoms with van der Waals surface area (Å²) in [5, 5.41) is 3.22. The summed E-state index contributed by atoms with van der Waals surface area (Å²) in [4.78, 5) is 2.26. The van der Waals surface area contributed by atoms with E-state index in [1.165, 1.54) is 12.8 Å². The van der Waals surface area contributed by atoms with Gasteiger partial charge in [0.25, 0.3) is 0 Å². The monoisotopic (exact) mass is 222 g/mol. The van der Waals surface area contributed by atoms with Crippen LogP contribution in [0.25, 0.3) is 0 Å². The van der Waals surface area contributed by atoms with E-state index in [1.54, 1.807) is 12.1 Å². The number of benzene rings is 1. The molecule has 1 heterocycles. The van der Waals surface area contributed by atoms with Crippen LogP contribution in [0.3, 0.4) is 0 Å². The molecule has 2 nitrogen and oxygen atoms in total. The van der Waals surface area contributed by atoms with E-state index in [0.717, 1.165) is 37.4 Å². The smallest absolute Gasteiger partial charge is 0.125 e. The normalized spacial score (nSPS) is 15.8. The predicted molar refractivity (Wildman–Crippen MR) is 65.2 cm³/mol. The zero-order valence-corrected chi connectivity index (χ0v) is 9.80. The van der Waals surface area contributed by atoms with Gasteiger partial charge in [0.2, 0.25) is 0 Å². The van der Waals surface area contributed by atoms with Gasteiger partial charge in [-0.3, -0.25) is 0 Å². The minimum atomic E-state index is -0.127. The van der Waals surface area contributed by atoms with E-state index in [-0.39, 0.29) is 5.82 Å². The van der Waals surface area contributed by atoms with E-state index >= 15 is 0 Å². The lowest BCUT2D eigenvalue weighted by Gasteiger charge is -2.18. The van der Waals surface area contributed by atoms with Gasteiger partial charge in [-0.25, -0.2) is 4.39 Å². The Hall–Kier alpha value is -1.09. The number of hydrogen-bond donors (Lipinski definition) is 1. The first kappa shape index (κ1) is 11.4. The molecular formula is C13H19FN2. The molecule has 1 aromatic carbocycles. The minimum absolute atomic E-state index is 0.127. The lowest BCUT2D eigenvalue weighted by molar-refractivity contribution is 0.621. The molecule has 16 heavy (non-hydrogen) atoms. The van der Waals surface area contributed by atoms with Crippen LogP contribution in [0.4, 0.5) is 10.1 Å². The number of nitrogens with one attached hydrogen (secondary N) is 1. The van der Waals surface area contributed by atoms with Crippen molar-refractivity contribution in [2.75, 3.05) is 24.5 Å². The highest BCUT2D eigenvalue weighted by atomic mass is 19.1. The Kier molecular flexibility index (Phi) is 3.78. The fourth-order valence-corrected chi connectivity index (χ4v) is 2.16. The lowest BCUT2D eigenvalue weighted by Crippen LogP contribution is -2.18. The van der Waals surface area contributed by atoms with Crippen LogP contribution in [-0.2, 0) is 6.54 Å². The summed E-state index contributed by atoms with van der Waals surface area (Å²) in [6.07, 6.45) is 2.44. The van der Waals surface area contributed by atoms with Crippen LogP contribution in [-0.4, -0.2) is 19.6 Å². The summed E-state index contributed by atoms with van der Waals surface area (Å²) in [6.45, 7) is 5.83. The molecule has 0 radical (unpaired) electrons. The molecule has 1 fully saturated rings. The molecule has 88 valence electrons. The van der Waals surface area contributed by atoms with Crippen LogP contribution in [0.15, 0.2) is 18.2 Å². The maximum Gasteiger partial charge on any atom is 0.125 e. The molecule has 0 aliphatic carbocycles. The summed E-state index contributed by atoms with van der Waals surface area (Å²) in [7, 11) is 0. The van der Waals surface area contributed by atoms with Crippen molar-refractivity contribution < 1.29 is 4.39 Å². The van der Waals surface area contributed by atoms with Crippen molar-refractivity contribution in [3.63, 3.8) is 0 Å². The van der Waals surface area contributed by atoms with Crippen LogP contribution in [0.2, 0.25) is 0 Å². The fraction of sp³-hybridized carbons (Fsp3) is 0.538. The second-order valence-corrected chi connectivity index (χ2v) is 4.29. The Labute approximate surface area is 96.5 Å². The molecule has 1 N–H and O–H groups in total. The predicted octanol–water partition coefficient (Wildman–Crippen LogP) is 2.54. The molecule has 1 aliphatic rings. The topological polar surface area (TPSA) is 15.3 Å². The number of hydrogen-bond acceptors (Lipinski definition) is 2. The Morgan fingerprint density at radius 1 is 1.25 bits per heavy atom. The third kappa shape index (κ3) is 2.73. The molecule has 0 unspecified atom stereocenters. The van der Waals surface area contributed by atoms with Crippen molar-refractivity contribution in [1.82, 2.24) is 5.32 Å². The van der Waals surface area contributed by atoms with Crippen LogP contribution in [0.5, 0.6) is 0 Å². The van der Waals surface area contributed by atoms with Gasteiger partial charge in [0.1, 0.15) is 5.82 Å². The Bertz CT molecular complexity index is 346. The molecule has 0 saturated carbocycles. The van der Waals surface area contributed by atoms with Gasteiger partial charge >= 0.3 is 0 Å². The molecule has 0 atom stereocenters. The summed E-state index contributed by atoms with van der Waals surface area (Å²) in [5.41, 5.74) is 2.06. The Balaban J connectivity index is 2.14. The molecule has 0 amide bonds. The molecule has 0 aromatic heterocycles. The average molecular weight is 222 g/mol. The van der Waals surface area contributed by atoms with Crippen LogP contribution >= 0.6 is 0 Å². The van der Waals surface area contributed by atoms with Crippen LogP contribution < -0.4 is 10.2 Å². The molecular weight excluding hydrogens is 203 g/mol. The highest BCUT2D eigenvalue weighted by Crippen LogP contribution is 2.22. The van der Waals surface area contributed by atoms with Gasteiger partial charge in [0.15, 0.2) is 0 Å². The van der Waals surface area contributed by atoms with E-state index in [9.17, 15) is 4.39 Å². The van der Waals surface area contributed by atoms with E-state index in [1.807, 2.05) is 0 Å². The third-order valence-electron chi connectivity index (χ3n) is 2.99.